The van der Waals surface area contributed by atoms with Crippen LogP contribution in [-0.2, 0) is 20.4 Å². The molecule has 0 unspecified atom stereocenters. The molecule has 0 aliphatic carbocycles. The van der Waals surface area contributed by atoms with Gasteiger partial charge in [0.2, 0.25) is 5.91 Å². The second-order valence-electron chi connectivity index (χ2n) is 13.4. The van der Waals surface area contributed by atoms with Crippen molar-refractivity contribution in [3.8, 4) is 0 Å². The highest BCUT2D eigenvalue weighted by molar-refractivity contribution is 7.99. The van der Waals surface area contributed by atoms with E-state index in [9.17, 15) is 22.8 Å². The molecule has 5 rings (SSSR count). The fourth-order valence-electron chi connectivity index (χ4n) is 6.17. The van der Waals surface area contributed by atoms with E-state index >= 15 is 0 Å². The topological polar surface area (TPSA) is 90.5 Å². The van der Waals surface area contributed by atoms with Crippen molar-refractivity contribution in [1.82, 2.24) is 14.8 Å². The van der Waals surface area contributed by atoms with Gasteiger partial charge in [0, 0.05) is 93.5 Å². The molecule has 264 valence electrons. The van der Waals surface area contributed by atoms with Crippen molar-refractivity contribution in [1.29, 1.82) is 0 Å². The Morgan fingerprint density at radius 1 is 0.938 bits per heavy atom. The molecule has 14 heteroatoms. The lowest BCUT2D eigenvalue weighted by atomic mass is 9.99. The van der Waals surface area contributed by atoms with Gasteiger partial charge in [0.1, 0.15) is 5.60 Å². The predicted molar refractivity (Wildman–Crippen MR) is 182 cm³/mol. The summed E-state index contributed by atoms with van der Waals surface area (Å²) in [7, 11) is 0. The van der Waals surface area contributed by atoms with Crippen molar-refractivity contribution in [2.24, 2.45) is 5.92 Å². The van der Waals surface area contributed by atoms with Gasteiger partial charge in [0.25, 0.3) is 0 Å². The van der Waals surface area contributed by atoms with Crippen LogP contribution >= 0.6 is 11.8 Å². The zero-order valence-electron chi connectivity index (χ0n) is 28.1. The zero-order valence-corrected chi connectivity index (χ0v) is 28.9. The quantitative estimate of drug-likeness (QED) is 0.327. The van der Waals surface area contributed by atoms with E-state index in [0.717, 1.165) is 56.7 Å². The molecule has 3 saturated heterocycles. The van der Waals surface area contributed by atoms with Crippen LogP contribution < -0.4 is 15.1 Å². The summed E-state index contributed by atoms with van der Waals surface area (Å²) in [4.78, 5) is 38.3. The van der Waals surface area contributed by atoms with Gasteiger partial charge in [-0.1, -0.05) is 0 Å². The number of piperazine rings is 1. The third-order valence-electron chi connectivity index (χ3n) is 8.80. The number of nitrogens with one attached hydrogen (secondary N) is 1. The molecule has 0 radical (unpaired) electrons. The molecule has 48 heavy (non-hydrogen) atoms. The van der Waals surface area contributed by atoms with Gasteiger partial charge in [-0.25, -0.2) is 4.79 Å². The molecule has 3 aliphatic heterocycles. The predicted octanol–water partition coefficient (Wildman–Crippen LogP) is 5.83. The largest absolute Gasteiger partial charge is 0.444 e. The number of rotatable bonds is 9. The Bertz CT molecular complexity index is 1390. The normalized spacial score (nSPS) is 18.2. The molecule has 1 aromatic carbocycles. The standard InChI is InChI=1S/C34H47F3N6O4S/c1-33(2,3)47-32(45)43-16-14-40(15-17-43)28-5-4-26(22-27(28)34(35,36)37)39-11-7-31(44)42-12-8-25(9-13-42)24-48-30-6-10-38-23-29(30)41-18-20-46-21-19-41/h4-6,10,22-23,25,39H,7-9,11-21,24H2,1-3H3. The van der Waals surface area contributed by atoms with E-state index in [1.807, 2.05) is 29.1 Å². The Kier molecular flexibility index (Phi) is 11.9. The minimum atomic E-state index is -4.56. The Hall–Kier alpha value is -3.39. The summed E-state index contributed by atoms with van der Waals surface area (Å²) >= 11 is 1.84. The van der Waals surface area contributed by atoms with Crippen LogP contribution in [0.1, 0.15) is 45.6 Å². The Labute approximate surface area is 285 Å². The summed E-state index contributed by atoms with van der Waals surface area (Å²) in [6, 6.07) is 6.26. The average Bonchev–Trinajstić information content (AvgIpc) is 3.07. The third-order valence-corrected chi connectivity index (χ3v) is 10.1. The Morgan fingerprint density at radius 2 is 1.62 bits per heavy atom. The second-order valence-corrected chi connectivity index (χ2v) is 14.5. The molecular formula is C34H47F3N6O4S. The first-order valence-corrected chi connectivity index (χ1v) is 17.7. The van der Waals surface area contributed by atoms with Gasteiger partial charge in [-0.3, -0.25) is 9.78 Å². The number of aromatic nitrogens is 1. The first-order chi connectivity index (χ1) is 22.9. The number of thioether (sulfide) groups is 1. The van der Waals surface area contributed by atoms with Crippen molar-refractivity contribution in [2.45, 2.75) is 56.7 Å². The molecule has 0 saturated carbocycles. The summed E-state index contributed by atoms with van der Waals surface area (Å²) < 4.78 is 53.3. The SMILES string of the molecule is CC(C)(C)OC(=O)N1CCN(c2ccc(NCCC(=O)N3CCC(CSc4ccncc4N4CCOCC4)CC3)cc2C(F)(F)F)CC1. The van der Waals surface area contributed by atoms with Crippen molar-refractivity contribution in [2.75, 3.05) is 93.0 Å². The van der Waals surface area contributed by atoms with Gasteiger partial charge in [-0.05, 0) is 63.8 Å². The molecule has 0 bridgehead atoms. The van der Waals surface area contributed by atoms with E-state index < -0.39 is 23.4 Å². The number of likely N-dealkylation sites (tertiary alicyclic amines) is 1. The maximum absolute atomic E-state index is 14.1. The Balaban J connectivity index is 1.06. The van der Waals surface area contributed by atoms with Crippen LogP contribution in [0, 0.1) is 5.92 Å². The van der Waals surface area contributed by atoms with Crippen LogP contribution in [0.15, 0.2) is 41.6 Å². The number of amides is 2. The molecule has 2 amide bonds. The number of alkyl halides is 3. The van der Waals surface area contributed by atoms with Crippen LogP contribution in [-0.4, -0.2) is 110 Å². The number of nitrogens with zero attached hydrogens (tertiary/aromatic N) is 5. The second kappa shape index (κ2) is 15.9. The Morgan fingerprint density at radius 3 is 2.29 bits per heavy atom. The number of carbonyl (C=O) groups excluding carboxylic acids is 2. The number of hydrogen-bond donors (Lipinski definition) is 1. The number of hydrogen-bond acceptors (Lipinski definition) is 9. The zero-order chi connectivity index (χ0) is 34.3. The molecule has 3 aliphatic rings. The summed E-state index contributed by atoms with van der Waals surface area (Å²) in [5, 5.41) is 3.02. The number of pyridine rings is 1. The molecule has 4 heterocycles. The lowest BCUT2D eigenvalue weighted by molar-refractivity contribution is -0.137. The van der Waals surface area contributed by atoms with Crippen LogP contribution in [0.4, 0.5) is 35.0 Å². The van der Waals surface area contributed by atoms with E-state index in [-0.39, 0.29) is 50.7 Å². The fourth-order valence-corrected chi connectivity index (χ4v) is 7.41. The highest BCUT2D eigenvalue weighted by atomic mass is 32.2. The molecule has 1 aromatic heterocycles. The van der Waals surface area contributed by atoms with E-state index in [0.29, 0.717) is 24.7 Å². The molecular weight excluding hydrogens is 645 g/mol. The van der Waals surface area contributed by atoms with Crippen molar-refractivity contribution in [3.05, 3.63) is 42.2 Å². The number of piperidine rings is 1. The summed E-state index contributed by atoms with van der Waals surface area (Å²) in [5.74, 6) is 1.48. The third kappa shape index (κ3) is 9.83. The molecule has 10 nitrogen and oxygen atoms in total. The number of carbonyl (C=O) groups is 2. The molecule has 1 N–H and O–H groups in total. The van der Waals surface area contributed by atoms with Gasteiger partial charge >= 0.3 is 12.3 Å². The van der Waals surface area contributed by atoms with E-state index in [2.05, 4.69) is 21.3 Å². The smallest absolute Gasteiger partial charge is 0.418 e. The van der Waals surface area contributed by atoms with Gasteiger partial charge in [-0.2, -0.15) is 13.2 Å². The number of benzene rings is 1. The molecule has 0 spiro atoms. The molecule has 3 fully saturated rings. The lowest BCUT2D eigenvalue weighted by Crippen LogP contribution is -2.50. The van der Waals surface area contributed by atoms with Gasteiger partial charge < -0.3 is 34.4 Å². The maximum atomic E-state index is 14.1. The first kappa shape index (κ1) is 35.9. The highest BCUT2D eigenvalue weighted by Crippen LogP contribution is 2.39. The fraction of sp³-hybridized carbons (Fsp3) is 0.618. The number of morpholine rings is 1. The van der Waals surface area contributed by atoms with E-state index in [4.69, 9.17) is 9.47 Å². The minimum absolute atomic E-state index is 0.00728. The summed E-state index contributed by atoms with van der Waals surface area (Å²) in [6.45, 7) is 11.2. The average molecular weight is 693 g/mol. The van der Waals surface area contributed by atoms with Gasteiger partial charge in [0.15, 0.2) is 0 Å². The minimum Gasteiger partial charge on any atom is -0.444 e. The monoisotopic (exact) mass is 692 g/mol. The van der Waals surface area contributed by atoms with Crippen LogP contribution in [0.2, 0.25) is 0 Å². The van der Waals surface area contributed by atoms with Crippen LogP contribution in [0.25, 0.3) is 0 Å². The maximum Gasteiger partial charge on any atom is 0.418 e. The van der Waals surface area contributed by atoms with E-state index in [1.165, 1.54) is 15.9 Å². The molecule has 2 aromatic rings. The van der Waals surface area contributed by atoms with Crippen LogP contribution in [0.3, 0.4) is 0 Å². The number of ether oxygens (including phenoxy) is 2. The lowest BCUT2D eigenvalue weighted by Gasteiger charge is -2.37. The van der Waals surface area contributed by atoms with Gasteiger partial charge in [0.05, 0.1) is 30.7 Å². The highest BCUT2D eigenvalue weighted by Gasteiger charge is 2.36. The number of halogens is 3. The summed E-state index contributed by atoms with van der Waals surface area (Å²) in [6.07, 6.45) is 0.786. The van der Waals surface area contributed by atoms with Crippen molar-refractivity contribution >= 4 is 40.8 Å². The summed E-state index contributed by atoms with van der Waals surface area (Å²) in [5.41, 5.74) is 0.163. The van der Waals surface area contributed by atoms with Gasteiger partial charge in [-0.15, -0.1) is 11.8 Å². The first-order valence-electron chi connectivity index (χ1n) is 16.7. The van der Waals surface area contributed by atoms with Crippen molar-refractivity contribution in [3.63, 3.8) is 0 Å². The molecule has 0 atom stereocenters. The van der Waals surface area contributed by atoms with Crippen molar-refractivity contribution < 1.29 is 32.2 Å². The van der Waals surface area contributed by atoms with E-state index in [1.54, 1.807) is 31.7 Å². The number of anilines is 3. The van der Waals surface area contributed by atoms with Crippen LogP contribution in [0.5, 0.6) is 0 Å².